The second-order valence-corrected chi connectivity index (χ2v) is 7.44. The molecule has 1 fully saturated rings. The van der Waals surface area contributed by atoms with Gasteiger partial charge in [-0.3, -0.25) is 9.36 Å². The first-order valence-electron chi connectivity index (χ1n) is 9.17. The summed E-state index contributed by atoms with van der Waals surface area (Å²) in [5.41, 5.74) is 1.53. The van der Waals surface area contributed by atoms with Crippen LogP contribution in [0.15, 0.2) is 35.3 Å². The number of carbonyl (C=O) groups is 2. The molecule has 144 valence electrons. The highest BCUT2D eigenvalue weighted by Crippen LogP contribution is 2.21. The quantitative estimate of drug-likeness (QED) is 0.835. The highest BCUT2D eigenvalue weighted by Gasteiger charge is 2.26. The summed E-state index contributed by atoms with van der Waals surface area (Å²) >= 11 is 0. The highest BCUT2D eigenvalue weighted by molar-refractivity contribution is 5.91. The van der Waals surface area contributed by atoms with E-state index in [4.69, 9.17) is 4.74 Å². The van der Waals surface area contributed by atoms with Crippen molar-refractivity contribution in [1.29, 1.82) is 0 Å². The van der Waals surface area contributed by atoms with Crippen LogP contribution in [0, 0.1) is 18.8 Å². The van der Waals surface area contributed by atoms with E-state index in [1.165, 1.54) is 4.57 Å². The Morgan fingerprint density at radius 2 is 1.78 bits per heavy atom. The molecular weight excluding hydrogens is 346 g/mol. The lowest BCUT2D eigenvalue weighted by Crippen LogP contribution is -2.44. The number of imidazole rings is 1. The van der Waals surface area contributed by atoms with Crippen molar-refractivity contribution in [2.24, 2.45) is 11.8 Å². The smallest absolute Gasteiger partial charge is 0.338 e. The molecule has 1 aromatic carbocycles. The van der Waals surface area contributed by atoms with E-state index >= 15 is 0 Å². The Morgan fingerprint density at radius 3 is 2.33 bits per heavy atom. The second kappa shape index (κ2) is 7.82. The van der Waals surface area contributed by atoms with Crippen molar-refractivity contribution in [1.82, 2.24) is 14.5 Å². The SMILES string of the molecule is Cc1c[nH]c(=O)n1-c1ccc(C(=O)OCC(=O)N2CC(C)CC(C)C2)cc1. The van der Waals surface area contributed by atoms with E-state index in [1.807, 2.05) is 6.92 Å². The molecule has 2 atom stereocenters. The number of H-pyrrole nitrogens is 1. The predicted octanol–water partition coefficient (Wildman–Crippen LogP) is 2.14. The number of ether oxygens (including phenoxy) is 1. The van der Waals surface area contributed by atoms with E-state index in [-0.39, 0.29) is 18.2 Å². The predicted molar refractivity (Wildman–Crippen MR) is 101 cm³/mol. The molecule has 2 heterocycles. The number of likely N-dealkylation sites (tertiary alicyclic amines) is 1. The number of esters is 1. The van der Waals surface area contributed by atoms with Crippen LogP contribution in [0.1, 0.15) is 36.3 Å². The van der Waals surface area contributed by atoms with Crippen LogP contribution in [0.2, 0.25) is 0 Å². The number of hydrogen-bond donors (Lipinski definition) is 1. The first kappa shape index (κ1) is 18.9. The molecule has 1 aliphatic rings. The van der Waals surface area contributed by atoms with Gasteiger partial charge in [-0.25, -0.2) is 9.59 Å². The molecule has 0 spiro atoms. The van der Waals surface area contributed by atoms with Gasteiger partial charge in [0.2, 0.25) is 0 Å². The molecule has 2 unspecified atom stereocenters. The van der Waals surface area contributed by atoms with Crippen molar-refractivity contribution >= 4 is 11.9 Å². The number of carbonyl (C=O) groups excluding carboxylic acids is 2. The molecule has 7 heteroatoms. The lowest BCUT2D eigenvalue weighted by atomic mass is 9.92. The number of benzene rings is 1. The highest BCUT2D eigenvalue weighted by atomic mass is 16.5. The molecule has 2 aromatic rings. The molecule has 0 bridgehead atoms. The minimum Gasteiger partial charge on any atom is -0.452 e. The fraction of sp³-hybridized carbons (Fsp3) is 0.450. The van der Waals surface area contributed by atoms with Gasteiger partial charge in [-0.05, 0) is 49.4 Å². The molecule has 1 amide bonds. The van der Waals surface area contributed by atoms with Gasteiger partial charge in [0.15, 0.2) is 6.61 Å². The van der Waals surface area contributed by atoms with Crippen molar-refractivity contribution in [3.63, 3.8) is 0 Å². The lowest BCUT2D eigenvalue weighted by molar-refractivity contribution is -0.137. The van der Waals surface area contributed by atoms with Gasteiger partial charge in [-0.15, -0.1) is 0 Å². The second-order valence-electron chi connectivity index (χ2n) is 7.44. The van der Waals surface area contributed by atoms with Crippen molar-refractivity contribution in [2.75, 3.05) is 19.7 Å². The summed E-state index contributed by atoms with van der Waals surface area (Å²) < 4.78 is 6.70. The van der Waals surface area contributed by atoms with Gasteiger partial charge in [0.25, 0.3) is 5.91 Å². The number of hydrogen-bond acceptors (Lipinski definition) is 4. The molecule has 1 aromatic heterocycles. The van der Waals surface area contributed by atoms with E-state index in [0.29, 0.717) is 36.2 Å². The Labute approximate surface area is 157 Å². The van der Waals surface area contributed by atoms with Gasteiger partial charge in [0.1, 0.15) is 0 Å². The first-order chi connectivity index (χ1) is 12.8. The Bertz CT molecular complexity index is 871. The van der Waals surface area contributed by atoms with Crippen LogP contribution in [-0.4, -0.2) is 46.0 Å². The largest absolute Gasteiger partial charge is 0.452 e. The topological polar surface area (TPSA) is 84.4 Å². The van der Waals surface area contributed by atoms with Crippen LogP contribution in [0.3, 0.4) is 0 Å². The van der Waals surface area contributed by atoms with Crippen LogP contribution in [-0.2, 0) is 9.53 Å². The zero-order chi connectivity index (χ0) is 19.6. The number of piperidine rings is 1. The number of rotatable bonds is 4. The zero-order valence-corrected chi connectivity index (χ0v) is 15.9. The van der Waals surface area contributed by atoms with Crippen LogP contribution < -0.4 is 5.69 Å². The van der Waals surface area contributed by atoms with Crippen LogP contribution >= 0.6 is 0 Å². The molecule has 1 N–H and O–H groups in total. The van der Waals surface area contributed by atoms with Gasteiger partial charge < -0.3 is 14.6 Å². The molecule has 27 heavy (non-hydrogen) atoms. The van der Waals surface area contributed by atoms with E-state index in [0.717, 1.165) is 12.1 Å². The van der Waals surface area contributed by atoms with Gasteiger partial charge in [-0.2, -0.15) is 0 Å². The lowest BCUT2D eigenvalue weighted by Gasteiger charge is -2.34. The fourth-order valence-corrected chi connectivity index (χ4v) is 3.69. The minimum absolute atomic E-state index is 0.159. The number of nitrogens with zero attached hydrogens (tertiary/aromatic N) is 2. The summed E-state index contributed by atoms with van der Waals surface area (Å²) in [5.74, 6) is 0.210. The number of amides is 1. The third-order valence-electron chi connectivity index (χ3n) is 4.87. The Kier molecular flexibility index (Phi) is 5.48. The summed E-state index contributed by atoms with van der Waals surface area (Å²) in [4.78, 5) is 40.7. The third kappa shape index (κ3) is 4.30. The maximum absolute atomic E-state index is 12.3. The van der Waals surface area contributed by atoms with E-state index in [2.05, 4.69) is 18.8 Å². The minimum atomic E-state index is -0.550. The number of aromatic amines is 1. The van der Waals surface area contributed by atoms with Gasteiger partial charge in [0, 0.05) is 25.0 Å². The third-order valence-corrected chi connectivity index (χ3v) is 4.87. The van der Waals surface area contributed by atoms with E-state index < -0.39 is 5.97 Å². The maximum Gasteiger partial charge on any atom is 0.338 e. The summed E-state index contributed by atoms with van der Waals surface area (Å²) in [6.07, 6.45) is 2.73. The average molecular weight is 371 g/mol. The Morgan fingerprint density at radius 1 is 1.15 bits per heavy atom. The fourth-order valence-electron chi connectivity index (χ4n) is 3.69. The molecule has 1 saturated heterocycles. The molecule has 0 saturated carbocycles. The number of nitrogens with one attached hydrogen (secondary N) is 1. The van der Waals surface area contributed by atoms with Gasteiger partial charge >= 0.3 is 11.7 Å². The van der Waals surface area contributed by atoms with Gasteiger partial charge in [-0.1, -0.05) is 13.8 Å². The standard InChI is InChI=1S/C20H25N3O4/c1-13-8-14(2)11-22(10-13)18(24)12-27-19(25)16-4-6-17(7-5-16)23-15(3)9-21-20(23)26/h4-7,9,13-14H,8,10-12H2,1-3H3,(H,21,26). The van der Waals surface area contributed by atoms with E-state index in [1.54, 1.807) is 35.4 Å². The Hall–Kier alpha value is -2.83. The van der Waals surface area contributed by atoms with E-state index in [9.17, 15) is 14.4 Å². The summed E-state index contributed by atoms with van der Waals surface area (Å²) in [5, 5.41) is 0. The molecule has 3 rings (SSSR count). The molecule has 1 aliphatic heterocycles. The number of aryl methyl sites for hydroxylation is 1. The van der Waals surface area contributed by atoms with Crippen molar-refractivity contribution < 1.29 is 14.3 Å². The summed E-state index contributed by atoms with van der Waals surface area (Å²) in [6.45, 7) is 7.23. The first-order valence-corrected chi connectivity index (χ1v) is 9.17. The van der Waals surface area contributed by atoms with Crippen molar-refractivity contribution in [2.45, 2.75) is 27.2 Å². The maximum atomic E-state index is 12.3. The monoisotopic (exact) mass is 371 g/mol. The van der Waals surface area contributed by atoms with Crippen LogP contribution in [0.5, 0.6) is 0 Å². The normalized spacial score (nSPS) is 19.7. The van der Waals surface area contributed by atoms with Crippen molar-refractivity contribution in [3.05, 3.63) is 52.2 Å². The Balaban J connectivity index is 1.60. The average Bonchev–Trinajstić information content (AvgIpc) is 2.97. The van der Waals surface area contributed by atoms with Crippen LogP contribution in [0.25, 0.3) is 5.69 Å². The molecule has 0 radical (unpaired) electrons. The molecule has 0 aliphatic carbocycles. The molecular formula is C20H25N3O4. The van der Waals surface area contributed by atoms with Crippen molar-refractivity contribution in [3.8, 4) is 5.69 Å². The summed E-state index contributed by atoms with van der Waals surface area (Å²) in [6, 6.07) is 6.53. The zero-order valence-electron chi connectivity index (χ0n) is 15.9. The summed E-state index contributed by atoms with van der Waals surface area (Å²) in [7, 11) is 0. The number of aromatic nitrogens is 2. The van der Waals surface area contributed by atoms with Gasteiger partial charge in [0.05, 0.1) is 11.3 Å². The van der Waals surface area contributed by atoms with Crippen LogP contribution in [0.4, 0.5) is 0 Å². The molecule has 7 nitrogen and oxygen atoms in total.